The van der Waals surface area contributed by atoms with Crippen molar-refractivity contribution in [2.75, 3.05) is 0 Å². The third-order valence-corrected chi connectivity index (χ3v) is 2.85. The molecule has 0 spiro atoms. The van der Waals surface area contributed by atoms with Gasteiger partial charge < -0.3 is 0 Å². The smallest absolute Gasteiger partial charge is 0.216 e. The molecule has 0 saturated carbocycles. The lowest BCUT2D eigenvalue weighted by Gasteiger charge is -2.11. The first-order chi connectivity index (χ1) is 6.97. The molecule has 1 heterocycles. The largest absolute Gasteiger partial charge is 0.236 e. The molecule has 0 bridgehead atoms. The topological polar surface area (TPSA) is 12.9 Å². The molecule has 1 aromatic carbocycles. The highest BCUT2D eigenvalue weighted by molar-refractivity contribution is 6.66. The molecule has 15 heavy (non-hydrogen) atoms. The van der Waals surface area contributed by atoms with Crippen molar-refractivity contribution in [3.63, 3.8) is 0 Å². The number of hydrogen-bond donors (Lipinski definition) is 0. The minimum atomic E-state index is -1.41. The Morgan fingerprint density at radius 3 is 2.40 bits per heavy atom. The SMILES string of the molecule is Clc1ccc2cc(C(Cl)(Cl)Cl)ccc2n1. The molecular weight excluding hydrogens is 276 g/mol. The van der Waals surface area contributed by atoms with Gasteiger partial charge >= 0.3 is 0 Å². The van der Waals surface area contributed by atoms with Crippen LogP contribution in [-0.2, 0) is 3.79 Å². The summed E-state index contributed by atoms with van der Waals surface area (Å²) in [5.41, 5.74) is 1.39. The second-order valence-corrected chi connectivity index (χ2v) is 5.71. The summed E-state index contributed by atoms with van der Waals surface area (Å²) in [5, 5.41) is 1.34. The summed E-state index contributed by atoms with van der Waals surface area (Å²) in [6.45, 7) is 0. The highest BCUT2D eigenvalue weighted by Crippen LogP contribution is 2.39. The molecule has 0 N–H and O–H groups in total. The van der Waals surface area contributed by atoms with Crippen LogP contribution in [0.4, 0.5) is 0 Å². The van der Waals surface area contributed by atoms with Crippen LogP contribution in [0.15, 0.2) is 30.3 Å². The normalized spacial score (nSPS) is 12.0. The van der Waals surface area contributed by atoms with Gasteiger partial charge in [-0.1, -0.05) is 52.5 Å². The van der Waals surface area contributed by atoms with Crippen LogP contribution in [0.25, 0.3) is 10.9 Å². The van der Waals surface area contributed by atoms with Gasteiger partial charge in [0.2, 0.25) is 3.79 Å². The van der Waals surface area contributed by atoms with Crippen molar-refractivity contribution in [1.82, 2.24) is 4.98 Å². The van der Waals surface area contributed by atoms with Gasteiger partial charge in [0.15, 0.2) is 0 Å². The van der Waals surface area contributed by atoms with E-state index < -0.39 is 3.79 Å². The van der Waals surface area contributed by atoms with Crippen molar-refractivity contribution in [1.29, 1.82) is 0 Å². The molecule has 0 amide bonds. The molecule has 5 heteroatoms. The van der Waals surface area contributed by atoms with Gasteiger partial charge in [0.25, 0.3) is 0 Å². The molecule has 78 valence electrons. The zero-order valence-electron chi connectivity index (χ0n) is 7.35. The van der Waals surface area contributed by atoms with E-state index in [0.717, 1.165) is 10.9 Å². The van der Waals surface area contributed by atoms with E-state index in [1.165, 1.54) is 0 Å². The van der Waals surface area contributed by atoms with Crippen molar-refractivity contribution in [3.05, 3.63) is 41.0 Å². The molecule has 0 saturated heterocycles. The molecule has 2 aromatic rings. The zero-order valence-corrected chi connectivity index (χ0v) is 10.4. The lowest BCUT2D eigenvalue weighted by Crippen LogP contribution is -1.99. The lowest BCUT2D eigenvalue weighted by atomic mass is 10.1. The van der Waals surface area contributed by atoms with Crippen molar-refractivity contribution in [2.45, 2.75) is 3.79 Å². The van der Waals surface area contributed by atoms with Crippen LogP contribution in [0.1, 0.15) is 5.56 Å². The van der Waals surface area contributed by atoms with E-state index in [-0.39, 0.29) is 0 Å². The van der Waals surface area contributed by atoms with Crippen molar-refractivity contribution < 1.29 is 0 Å². The monoisotopic (exact) mass is 279 g/mol. The van der Waals surface area contributed by atoms with Crippen molar-refractivity contribution >= 4 is 57.3 Å². The molecule has 0 radical (unpaired) electrons. The minimum absolute atomic E-state index is 0.448. The number of hydrogen-bond acceptors (Lipinski definition) is 1. The number of halogens is 4. The molecule has 0 fully saturated rings. The first-order valence-corrected chi connectivity index (χ1v) is 5.61. The molecule has 0 aliphatic carbocycles. The van der Waals surface area contributed by atoms with Crippen LogP contribution in [0, 0.1) is 0 Å². The fraction of sp³-hybridized carbons (Fsp3) is 0.100. The van der Waals surface area contributed by atoms with E-state index in [1.807, 2.05) is 6.07 Å². The van der Waals surface area contributed by atoms with Crippen LogP contribution >= 0.6 is 46.4 Å². The standard InChI is InChI=1S/C10H5Cl4N/c11-9-4-1-6-5-7(10(12,13)14)2-3-8(6)15-9/h1-5H. The van der Waals surface area contributed by atoms with Gasteiger partial charge in [-0.15, -0.1) is 0 Å². The van der Waals surface area contributed by atoms with Crippen LogP contribution in [0.5, 0.6) is 0 Å². The Morgan fingerprint density at radius 2 is 1.73 bits per heavy atom. The zero-order chi connectivity index (χ0) is 11.1. The van der Waals surface area contributed by atoms with E-state index in [4.69, 9.17) is 46.4 Å². The highest BCUT2D eigenvalue weighted by Gasteiger charge is 2.22. The second kappa shape index (κ2) is 3.99. The summed E-state index contributed by atoms with van der Waals surface area (Å²) in [4.78, 5) is 4.13. The van der Waals surface area contributed by atoms with Gasteiger partial charge in [-0.3, -0.25) is 0 Å². The predicted molar refractivity (Wildman–Crippen MR) is 66.0 cm³/mol. The van der Waals surface area contributed by atoms with E-state index in [1.54, 1.807) is 24.3 Å². The summed E-state index contributed by atoms with van der Waals surface area (Å²) >= 11 is 23.1. The minimum Gasteiger partial charge on any atom is -0.236 e. The maximum absolute atomic E-state index is 5.77. The molecule has 2 rings (SSSR count). The summed E-state index contributed by atoms with van der Waals surface area (Å²) in [6, 6.07) is 8.82. The second-order valence-electron chi connectivity index (χ2n) is 3.04. The average Bonchev–Trinajstić information content (AvgIpc) is 2.15. The maximum atomic E-state index is 5.77. The summed E-state index contributed by atoms with van der Waals surface area (Å²) in [6.07, 6.45) is 0. The van der Waals surface area contributed by atoms with E-state index in [2.05, 4.69) is 4.98 Å². The fourth-order valence-corrected chi connectivity index (χ4v) is 1.78. The lowest BCUT2D eigenvalue weighted by molar-refractivity contribution is 1.25. The van der Waals surface area contributed by atoms with Gasteiger partial charge in [-0.25, -0.2) is 4.98 Å². The van der Waals surface area contributed by atoms with Crippen molar-refractivity contribution in [2.24, 2.45) is 0 Å². The molecule has 0 aliphatic rings. The van der Waals surface area contributed by atoms with Gasteiger partial charge in [0, 0.05) is 10.9 Å². The van der Waals surface area contributed by atoms with Crippen LogP contribution in [0.2, 0.25) is 5.15 Å². The molecule has 0 unspecified atom stereocenters. The summed E-state index contributed by atoms with van der Waals surface area (Å²) in [7, 11) is 0. The Morgan fingerprint density at radius 1 is 1.00 bits per heavy atom. The van der Waals surface area contributed by atoms with Gasteiger partial charge in [0.1, 0.15) is 5.15 Å². The Balaban J connectivity index is 2.62. The van der Waals surface area contributed by atoms with Crippen LogP contribution in [0.3, 0.4) is 0 Å². The number of fused-ring (bicyclic) bond motifs is 1. The van der Waals surface area contributed by atoms with E-state index in [9.17, 15) is 0 Å². The Bertz CT molecular complexity index is 504. The van der Waals surface area contributed by atoms with Gasteiger partial charge in [-0.2, -0.15) is 0 Å². The van der Waals surface area contributed by atoms with E-state index in [0.29, 0.717) is 10.7 Å². The number of pyridine rings is 1. The summed E-state index contributed by atoms with van der Waals surface area (Å²) in [5.74, 6) is 0. The number of aromatic nitrogens is 1. The third kappa shape index (κ3) is 2.48. The Kier molecular flexibility index (Phi) is 3.00. The quantitative estimate of drug-likeness (QED) is 0.503. The number of nitrogens with zero attached hydrogens (tertiary/aromatic N) is 1. The Hall–Kier alpha value is -0.210. The first kappa shape index (κ1) is 11.3. The Labute approximate surface area is 107 Å². The molecule has 0 aliphatic heterocycles. The number of benzene rings is 1. The average molecular weight is 281 g/mol. The van der Waals surface area contributed by atoms with Crippen LogP contribution < -0.4 is 0 Å². The number of rotatable bonds is 0. The number of alkyl halides is 3. The molecule has 0 atom stereocenters. The molecular formula is C10H5Cl4N. The van der Waals surface area contributed by atoms with Crippen LogP contribution in [-0.4, -0.2) is 4.98 Å². The third-order valence-electron chi connectivity index (χ3n) is 1.98. The van der Waals surface area contributed by atoms with Crippen molar-refractivity contribution in [3.8, 4) is 0 Å². The molecule has 1 nitrogen and oxygen atoms in total. The van der Waals surface area contributed by atoms with Gasteiger partial charge in [0.05, 0.1) is 5.52 Å². The van der Waals surface area contributed by atoms with Gasteiger partial charge in [-0.05, 0) is 24.3 Å². The highest BCUT2D eigenvalue weighted by atomic mass is 35.6. The predicted octanol–water partition coefficient (Wildman–Crippen LogP) is 4.71. The molecule has 1 aromatic heterocycles. The van der Waals surface area contributed by atoms with E-state index >= 15 is 0 Å². The first-order valence-electron chi connectivity index (χ1n) is 4.10. The summed E-state index contributed by atoms with van der Waals surface area (Å²) < 4.78 is -1.41. The fourth-order valence-electron chi connectivity index (χ4n) is 1.28. The maximum Gasteiger partial charge on any atom is 0.216 e.